The summed E-state index contributed by atoms with van der Waals surface area (Å²) in [6, 6.07) is 1.91. The molecule has 1 saturated heterocycles. The van der Waals surface area contributed by atoms with Gasteiger partial charge in [0.05, 0.1) is 16.8 Å². The van der Waals surface area contributed by atoms with Crippen LogP contribution in [0, 0.1) is 13.8 Å². The zero-order valence-electron chi connectivity index (χ0n) is 11.4. The second kappa shape index (κ2) is 3.78. The van der Waals surface area contributed by atoms with Crippen LogP contribution in [0.5, 0.6) is 0 Å². The molecule has 2 heterocycles. The van der Waals surface area contributed by atoms with Crippen LogP contribution in [0.3, 0.4) is 0 Å². The van der Waals surface area contributed by atoms with Gasteiger partial charge in [0, 0.05) is 5.69 Å². The Balaban J connectivity index is 2.32. The average Bonchev–Trinajstić information content (AvgIpc) is 2.34. The van der Waals surface area contributed by atoms with Crippen LogP contribution in [0.15, 0.2) is 6.07 Å². The summed E-state index contributed by atoms with van der Waals surface area (Å²) < 4.78 is 11.9. The molecule has 0 bridgehead atoms. The van der Waals surface area contributed by atoms with Gasteiger partial charge in [0.15, 0.2) is 0 Å². The highest BCUT2D eigenvalue weighted by Crippen LogP contribution is 2.36. The lowest BCUT2D eigenvalue weighted by Crippen LogP contribution is -2.41. The van der Waals surface area contributed by atoms with Crippen LogP contribution >= 0.6 is 0 Å². The molecule has 2 rings (SSSR count). The fourth-order valence-corrected chi connectivity index (χ4v) is 1.83. The van der Waals surface area contributed by atoms with Gasteiger partial charge >= 0.3 is 7.12 Å². The van der Waals surface area contributed by atoms with Crippen molar-refractivity contribution in [3.63, 3.8) is 0 Å². The van der Waals surface area contributed by atoms with Crippen LogP contribution in [0.25, 0.3) is 0 Å². The van der Waals surface area contributed by atoms with Gasteiger partial charge in [-0.3, -0.25) is 0 Å². The van der Waals surface area contributed by atoms with Gasteiger partial charge < -0.3 is 9.31 Å². The van der Waals surface area contributed by atoms with Crippen molar-refractivity contribution in [1.82, 2.24) is 9.97 Å². The van der Waals surface area contributed by atoms with Gasteiger partial charge in [0.1, 0.15) is 5.82 Å². The molecule has 5 heteroatoms. The van der Waals surface area contributed by atoms with E-state index in [9.17, 15) is 0 Å². The molecule has 1 aromatic heterocycles. The summed E-state index contributed by atoms with van der Waals surface area (Å²) >= 11 is 0. The van der Waals surface area contributed by atoms with E-state index in [1.807, 2.05) is 47.6 Å². The maximum atomic E-state index is 5.95. The quantitative estimate of drug-likeness (QED) is 0.689. The topological polar surface area (TPSA) is 44.2 Å². The van der Waals surface area contributed by atoms with Crippen molar-refractivity contribution in [2.45, 2.75) is 52.7 Å². The molecule has 1 aliphatic heterocycles. The highest BCUT2D eigenvalue weighted by molar-refractivity contribution is 6.61. The first-order valence-corrected chi connectivity index (χ1v) is 5.89. The number of aryl methyl sites for hydroxylation is 2. The molecule has 0 amide bonds. The Kier molecular flexibility index (Phi) is 2.79. The Bertz CT molecular complexity index is 410. The van der Waals surface area contributed by atoms with Gasteiger partial charge in [0.2, 0.25) is 0 Å². The lowest BCUT2D eigenvalue weighted by Gasteiger charge is -2.32. The lowest BCUT2D eigenvalue weighted by atomic mass is 9.84. The third-order valence-electron chi connectivity index (χ3n) is 3.48. The zero-order valence-corrected chi connectivity index (χ0v) is 11.4. The molecule has 1 aromatic rings. The van der Waals surface area contributed by atoms with Crippen molar-refractivity contribution in [2.75, 3.05) is 0 Å². The van der Waals surface area contributed by atoms with Crippen molar-refractivity contribution in [3.8, 4) is 0 Å². The fraction of sp³-hybridized carbons (Fsp3) is 0.667. The van der Waals surface area contributed by atoms with E-state index in [4.69, 9.17) is 9.31 Å². The number of rotatable bonds is 1. The average molecular weight is 234 g/mol. The highest BCUT2D eigenvalue weighted by Gasteiger charge is 2.52. The summed E-state index contributed by atoms with van der Waals surface area (Å²) in [4.78, 5) is 8.64. The predicted molar refractivity (Wildman–Crippen MR) is 67.2 cm³/mol. The van der Waals surface area contributed by atoms with Crippen LogP contribution in [-0.2, 0) is 9.31 Å². The first-order valence-electron chi connectivity index (χ1n) is 5.89. The zero-order chi connectivity index (χ0) is 12.8. The maximum absolute atomic E-state index is 5.95. The van der Waals surface area contributed by atoms with E-state index >= 15 is 0 Å². The molecule has 0 aromatic carbocycles. The molecule has 0 unspecified atom stereocenters. The van der Waals surface area contributed by atoms with E-state index in [-0.39, 0.29) is 11.2 Å². The molecule has 0 spiro atoms. The predicted octanol–water partition coefficient (Wildman–Crippen LogP) is 1.39. The third kappa shape index (κ3) is 2.22. The van der Waals surface area contributed by atoms with E-state index in [1.165, 1.54) is 0 Å². The largest absolute Gasteiger partial charge is 0.514 e. The summed E-state index contributed by atoms with van der Waals surface area (Å²) in [5.74, 6) is 0.745. The minimum atomic E-state index is -0.402. The Morgan fingerprint density at radius 3 is 2.00 bits per heavy atom. The molecule has 0 radical (unpaired) electrons. The normalized spacial score (nSPS) is 21.9. The number of hydrogen-bond donors (Lipinski definition) is 0. The van der Waals surface area contributed by atoms with Gasteiger partial charge in [-0.15, -0.1) is 0 Å². The summed E-state index contributed by atoms with van der Waals surface area (Å²) in [6.45, 7) is 12.0. The van der Waals surface area contributed by atoms with E-state index in [0.717, 1.165) is 17.1 Å². The highest BCUT2D eigenvalue weighted by atomic mass is 16.7. The summed E-state index contributed by atoms with van der Waals surface area (Å²) in [5, 5.41) is 0. The summed E-state index contributed by atoms with van der Waals surface area (Å²) in [6.07, 6.45) is 0. The van der Waals surface area contributed by atoms with Crippen molar-refractivity contribution in [3.05, 3.63) is 17.6 Å². The molecular weight excluding hydrogens is 215 g/mol. The van der Waals surface area contributed by atoms with Crippen molar-refractivity contribution in [2.24, 2.45) is 0 Å². The number of hydrogen-bond acceptors (Lipinski definition) is 4. The maximum Gasteiger partial charge on any atom is 0.514 e. The molecule has 0 aliphatic carbocycles. The van der Waals surface area contributed by atoms with Gasteiger partial charge in [-0.25, -0.2) is 9.97 Å². The van der Waals surface area contributed by atoms with Crippen LogP contribution in [-0.4, -0.2) is 28.3 Å². The van der Waals surface area contributed by atoms with Gasteiger partial charge in [0.25, 0.3) is 0 Å². The molecule has 0 atom stereocenters. The number of aromatic nitrogens is 2. The second-order valence-corrected chi connectivity index (χ2v) is 5.57. The minimum Gasteiger partial charge on any atom is -0.398 e. The Labute approximate surface area is 103 Å². The summed E-state index contributed by atoms with van der Waals surface area (Å²) in [7, 11) is -0.402. The fourth-order valence-electron chi connectivity index (χ4n) is 1.83. The van der Waals surface area contributed by atoms with Gasteiger partial charge in [-0.1, -0.05) is 0 Å². The SMILES string of the molecule is Cc1cc(B2OC(C)(C)C(C)(C)O2)nc(C)n1. The van der Waals surface area contributed by atoms with Gasteiger partial charge in [-0.2, -0.15) is 0 Å². The second-order valence-electron chi connectivity index (χ2n) is 5.57. The minimum absolute atomic E-state index is 0.329. The van der Waals surface area contributed by atoms with E-state index in [1.54, 1.807) is 0 Å². The monoisotopic (exact) mass is 234 g/mol. The van der Waals surface area contributed by atoms with Gasteiger partial charge in [-0.05, 0) is 47.6 Å². The van der Waals surface area contributed by atoms with Crippen LogP contribution in [0.1, 0.15) is 39.2 Å². The van der Waals surface area contributed by atoms with E-state index in [0.29, 0.717) is 0 Å². The molecule has 1 fully saturated rings. The Morgan fingerprint density at radius 2 is 1.53 bits per heavy atom. The first-order chi connectivity index (χ1) is 7.71. The molecule has 4 nitrogen and oxygen atoms in total. The van der Waals surface area contributed by atoms with E-state index < -0.39 is 7.12 Å². The van der Waals surface area contributed by atoms with E-state index in [2.05, 4.69) is 9.97 Å². The van der Waals surface area contributed by atoms with Crippen LogP contribution in [0.4, 0.5) is 0 Å². The third-order valence-corrected chi connectivity index (χ3v) is 3.48. The Morgan fingerprint density at radius 1 is 1.00 bits per heavy atom. The van der Waals surface area contributed by atoms with Crippen LogP contribution in [0.2, 0.25) is 0 Å². The van der Waals surface area contributed by atoms with Crippen molar-refractivity contribution < 1.29 is 9.31 Å². The smallest absolute Gasteiger partial charge is 0.398 e. The summed E-state index contributed by atoms with van der Waals surface area (Å²) in [5.41, 5.74) is 1.07. The molecule has 92 valence electrons. The molecule has 1 aliphatic rings. The molecule has 0 saturated carbocycles. The first kappa shape index (κ1) is 12.5. The lowest BCUT2D eigenvalue weighted by molar-refractivity contribution is 0.00578. The molecular formula is C12H19BN2O2. The molecule has 0 N–H and O–H groups in total. The standard InChI is InChI=1S/C12H19BN2O2/c1-8-7-10(15-9(2)14-8)13-16-11(3,4)12(5,6)17-13/h7H,1-6H3. The Hall–Kier alpha value is -0.935. The molecule has 17 heavy (non-hydrogen) atoms. The van der Waals surface area contributed by atoms with Crippen molar-refractivity contribution in [1.29, 1.82) is 0 Å². The van der Waals surface area contributed by atoms with Crippen LogP contribution < -0.4 is 5.59 Å². The van der Waals surface area contributed by atoms with Crippen molar-refractivity contribution >= 4 is 12.7 Å². The number of nitrogens with zero attached hydrogens (tertiary/aromatic N) is 2.